The van der Waals surface area contributed by atoms with Crippen LogP contribution in [0.25, 0.3) is 11.5 Å². The van der Waals surface area contributed by atoms with Crippen molar-refractivity contribution in [2.24, 2.45) is 0 Å². The summed E-state index contributed by atoms with van der Waals surface area (Å²) in [4.78, 5) is 26.7. The quantitative estimate of drug-likeness (QED) is 0.719. The lowest BCUT2D eigenvalue weighted by Gasteiger charge is -2.22. The van der Waals surface area contributed by atoms with Crippen molar-refractivity contribution in [2.45, 2.75) is 32.2 Å². The zero-order valence-corrected chi connectivity index (χ0v) is 16.2. The molecule has 0 bridgehead atoms. The van der Waals surface area contributed by atoms with Crippen LogP contribution in [0.15, 0.2) is 63.8 Å². The molecule has 2 heterocycles. The van der Waals surface area contributed by atoms with Gasteiger partial charge in [0.25, 0.3) is 0 Å². The highest BCUT2D eigenvalue weighted by atomic mass is 16.4. The minimum absolute atomic E-state index is 0.199. The van der Waals surface area contributed by atoms with Crippen LogP contribution in [-0.4, -0.2) is 28.8 Å². The highest BCUT2D eigenvalue weighted by molar-refractivity contribution is 5.90. The first-order chi connectivity index (χ1) is 14.2. The molecule has 7 heteroatoms. The zero-order valence-electron chi connectivity index (χ0n) is 16.2. The lowest BCUT2D eigenvalue weighted by molar-refractivity contribution is -0.117. The Bertz CT molecular complexity index is 1000. The van der Waals surface area contributed by atoms with Crippen molar-refractivity contribution in [1.29, 1.82) is 0 Å². The average molecular weight is 392 g/mol. The number of nitrogens with zero attached hydrogens (tertiary/aromatic N) is 3. The third-order valence-electron chi connectivity index (χ3n) is 5.04. The van der Waals surface area contributed by atoms with E-state index in [9.17, 15) is 9.59 Å². The molecule has 0 aliphatic carbocycles. The summed E-state index contributed by atoms with van der Waals surface area (Å²) in [6.45, 7) is 1.94. The third kappa shape index (κ3) is 4.74. The first-order valence-corrected chi connectivity index (χ1v) is 9.97. The summed E-state index contributed by atoms with van der Waals surface area (Å²) in [7, 11) is 0. The molecular weight excluding hydrogens is 368 g/mol. The smallest absolute Gasteiger partial charge is 0.388 e. The Hall–Kier alpha value is -3.35. The van der Waals surface area contributed by atoms with Gasteiger partial charge in [-0.3, -0.25) is 4.79 Å². The zero-order chi connectivity index (χ0) is 20.1. The van der Waals surface area contributed by atoms with Gasteiger partial charge in [0.1, 0.15) is 6.54 Å². The van der Waals surface area contributed by atoms with E-state index in [1.807, 2.05) is 42.5 Å². The molecule has 2 aromatic carbocycles. The van der Waals surface area contributed by atoms with Gasteiger partial charge < -0.3 is 14.6 Å². The summed E-state index contributed by atoms with van der Waals surface area (Å²) < 4.78 is 6.19. The van der Waals surface area contributed by atoms with Crippen molar-refractivity contribution in [1.82, 2.24) is 9.78 Å². The molecule has 150 valence electrons. The van der Waals surface area contributed by atoms with E-state index in [4.69, 9.17) is 4.42 Å². The summed E-state index contributed by atoms with van der Waals surface area (Å²) >= 11 is 0. The topological polar surface area (TPSA) is 80.4 Å². The van der Waals surface area contributed by atoms with Gasteiger partial charge in [-0.15, -0.1) is 5.10 Å². The van der Waals surface area contributed by atoms with E-state index in [0.29, 0.717) is 11.3 Å². The van der Waals surface area contributed by atoms with E-state index < -0.39 is 5.76 Å². The summed E-state index contributed by atoms with van der Waals surface area (Å²) in [6.07, 6.45) is 5.02. The van der Waals surface area contributed by atoms with Crippen LogP contribution >= 0.6 is 0 Å². The Balaban J connectivity index is 1.38. The van der Waals surface area contributed by atoms with E-state index in [2.05, 4.69) is 15.3 Å². The highest BCUT2D eigenvalue weighted by Crippen LogP contribution is 2.21. The lowest BCUT2D eigenvalue weighted by atomic mass is 10.2. The molecule has 1 amide bonds. The van der Waals surface area contributed by atoms with Gasteiger partial charge >= 0.3 is 5.76 Å². The first kappa shape index (κ1) is 19.0. The minimum Gasteiger partial charge on any atom is -0.388 e. The fourth-order valence-corrected chi connectivity index (χ4v) is 3.52. The molecule has 7 nitrogen and oxygen atoms in total. The molecule has 0 spiro atoms. The van der Waals surface area contributed by atoms with E-state index in [-0.39, 0.29) is 18.3 Å². The number of carbonyl (C=O) groups excluding carboxylic acids is 1. The lowest BCUT2D eigenvalue weighted by Crippen LogP contribution is -2.26. The van der Waals surface area contributed by atoms with Crippen molar-refractivity contribution in [3.05, 3.63) is 65.1 Å². The summed E-state index contributed by atoms with van der Waals surface area (Å²) in [6, 6.07) is 16.9. The normalized spacial score (nSPS) is 14.4. The molecule has 0 unspecified atom stereocenters. The number of amides is 1. The molecule has 3 aromatic rings. The Morgan fingerprint density at radius 2 is 1.66 bits per heavy atom. The molecule has 1 N–H and O–H groups in total. The molecule has 4 rings (SSSR count). The van der Waals surface area contributed by atoms with Crippen LogP contribution in [-0.2, 0) is 11.3 Å². The summed E-state index contributed by atoms with van der Waals surface area (Å²) in [5.41, 5.74) is 2.55. The van der Waals surface area contributed by atoms with Crippen LogP contribution in [0.2, 0.25) is 0 Å². The maximum absolute atomic E-state index is 12.3. The summed E-state index contributed by atoms with van der Waals surface area (Å²) in [5, 5.41) is 6.93. The number of benzene rings is 2. The minimum atomic E-state index is -0.657. The molecule has 1 saturated heterocycles. The predicted octanol–water partition coefficient (Wildman–Crippen LogP) is 3.52. The molecule has 1 aliphatic rings. The Kier molecular flexibility index (Phi) is 5.74. The first-order valence-electron chi connectivity index (χ1n) is 9.97. The number of hydrogen-bond acceptors (Lipinski definition) is 5. The Labute approximate surface area is 169 Å². The molecule has 29 heavy (non-hydrogen) atoms. The van der Waals surface area contributed by atoms with Crippen molar-refractivity contribution in [3.8, 4) is 11.5 Å². The fourth-order valence-electron chi connectivity index (χ4n) is 3.52. The van der Waals surface area contributed by atoms with Crippen molar-refractivity contribution < 1.29 is 9.21 Å². The fraction of sp³-hybridized carbons (Fsp3) is 0.318. The van der Waals surface area contributed by atoms with Crippen LogP contribution in [0.4, 0.5) is 11.4 Å². The molecule has 0 atom stereocenters. The number of nitrogens with one attached hydrogen (secondary N) is 1. The molecule has 0 saturated carbocycles. The van der Waals surface area contributed by atoms with Gasteiger partial charge in [0.2, 0.25) is 11.8 Å². The maximum Gasteiger partial charge on any atom is 0.437 e. The molecular formula is C22H24N4O3. The molecule has 0 radical (unpaired) electrons. The molecule has 1 fully saturated rings. The standard InChI is InChI=1S/C22H24N4O3/c27-20(16-26-22(28)29-21(24-26)17-8-4-3-5-9-17)23-18-10-12-19(13-11-18)25-14-6-1-2-7-15-25/h3-5,8-13H,1-2,6-7,14-16H2,(H,23,27). The number of hydrogen-bond donors (Lipinski definition) is 1. The monoisotopic (exact) mass is 392 g/mol. The predicted molar refractivity (Wildman–Crippen MR) is 112 cm³/mol. The maximum atomic E-state index is 12.3. The molecule has 1 aliphatic heterocycles. The van der Waals surface area contributed by atoms with Gasteiger partial charge in [-0.1, -0.05) is 31.0 Å². The van der Waals surface area contributed by atoms with Gasteiger partial charge in [-0.2, -0.15) is 4.68 Å². The van der Waals surface area contributed by atoms with Crippen molar-refractivity contribution in [3.63, 3.8) is 0 Å². The van der Waals surface area contributed by atoms with Crippen LogP contribution in [0.5, 0.6) is 0 Å². The van der Waals surface area contributed by atoms with E-state index in [1.54, 1.807) is 12.1 Å². The third-order valence-corrected chi connectivity index (χ3v) is 5.04. The van der Waals surface area contributed by atoms with E-state index >= 15 is 0 Å². The Morgan fingerprint density at radius 3 is 2.34 bits per heavy atom. The number of carbonyl (C=O) groups is 1. The van der Waals surface area contributed by atoms with Crippen LogP contribution < -0.4 is 16.0 Å². The number of rotatable bonds is 5. The second kappa shape index (κ2) is 8.77. The van der Waals surface area contributed by atoms with Gasteiger partial charge in [0, 0.05) is 30.0 Å². The second-order valence-electron chi connectivity index (χ2n) is 7.19. The molecule has 1 aromatic heterocycles. The van der Waals surface area contributed by atoms with Gasteiger partial charge in [0.05, 0.1) is 0 Å². The van der Waals surface area contributed by atoms with Crippen LogP contribution in [0, 0.1) is 0 Å². The number of anilines is 2. The SMILES string of the molecule is O=C(Cn1nc(-c2ccccc2)oc1=O)Nc1ccc(N2CCCCCC2)cc1. The van der Waals surface area contributed by atoms with Crippen LogP contribution in [0.1, 0.15) is 25.7 Å². The van der Waals surface area contributed by atoms with Gasteiger partial charge in [0.15, 0.2) is 0 Å². The van der Waals surface area contributed by atoms with Crippen molar-refractivity contribution >= 4 is 17.3 Å². The van der Waals surface area contributed by atoms with Crippen molar-refractivity contribution in [2.75, 3.05) is 23.3 Å². The second-order valence-corrected chi connectivity index (χ2v) is 7.19. The average Bonchev–Trinajstić information content (AvgIpc) is 2.94. The number of aromatic nitrogens is 2. The largest absolute Gasteiger partial charge is 0.437 e. The van der Waals surface area contributed by atoms with Crippen LogP contribution in [0.3, 0.4) is 0 Å². The summed E-state index contributed by atoms with van der Waals surface area (Å²) in [5.74, 6) is -0.789. The van der Waals surface area contributed by atoms with Gasteiger partial charge in [-0.25, -0.2) is 4.79 Å². The van der Waals surface area contributed by atoms with E-state index in [0.717, 1.165) is 17.8 Å². The Morgan fingerprint density at radius 1 is 0.966 bits per heavy atom. The highest BCUT2D eigenvalue weighted by Gasteiger charge is 2.14. The van der Waals surface area contributed by atoms with E-state index in [1.165, 1.54) is 31.4 Å². The van der Waals surface area contributed by atoms with Gasteiger partial charge in [-0.05, 0) is 49.2 Å².